The number of alkyl carbamates (subject to hydrolysis) is 1. The van der Waals surface area contributed by atoms with E-state index in [4.69, 9.17) is 16.3 Å². The standard InChI is InChI=1S/C19H27ClFN3O3/c1-18(2,3)27-17(26)22-11-19(4,12-5-6-12)23-10-16(25)24-15-9-13(20)7-8-14(15)21/h7-9,12,23H,5-6,10-11H2,1-4H3,(H,22,26)(H,24,25). The van der Waals surface area contributed by atoms with Gasteiger partial charge in [0.2, 0.25) is 5.91 Å². The predicted octanol–water partition coefficient (Wildman–Crippen LogP) is 3.70. The Labute approximate surface area is 164 Å². The Hall–Kier alpha value is -1.86. The van der Waals surface area contributed by atoms with Crippen molar-refractivity contribution in [2.75, 3.05) is 18.4 Å². The van der Waals surface area contributed by atoms with Gasteiger partial charge in [-0.25, -0.2) is 9.18 Å². The zero-order valence-electron chi connectivity index (χ0n) is 16.1. The first-order valence-corrected chi connectivity index (χ1v) is 9.33. The van der Waals surface area contributed by atoms with Crippen molar-refractivity contribution in [1.82, 2.24) is 10.6 Å². The molecule has 0 aliphatic heterocycles. The number of anilines is 1. The fraction of sp³-hybridized carbons (Fsp3) is 0.579. The van der Waals surface area contributed by atoms with Crippen LogP contribution in [0.25, 0.3) is 0 Å². The molecule has 1 atom stereocenters. The van der Waals surface area contributed by atoms with Gasteiger partial charge in [-0.05, 0) is 64.7 Å². The first kappa shape index (κ1) is 21.4. The SMILES string of the molecule is CC(C)(C)OC(=O)NCC(C)(NCC(=O)Nc1cc(Cl)ccc1F)C1CC1. The summed E-state index contributed by atoms with van der Waals surface area (Å²) in [6.45, 7) is 7.65. The third kappa shape index (κ3) is 6.99. The summed E-state index contributed by atoms with van der Waals surface area (Å²) in [5.74, 6) is -0.590. The molecule has 1 aliphatic carbocycles. The molecule has 0 saturated heterocycles. The van der Waals surface area contributed by atoms with Gasteiger partial charge in [0.1, 0.15) is 11.4 Å². The second-order valence-corrected chi connectivity index (χ2v) is 8.51. The predicted molar refractivity (Wildman–Crippen MR) is 103 cm³/mol. The number of nitrogens with one attached hydrogen (secondary N) is 3. The van der Waals surface area contributed by atoms with E-state index in [0.717, 1.165) is 12.8 Å². The molecule has 1 aromatic rings. The van der Waals surface area contributed by atoms with Crippen LogP contribution in [0.2, 0.25) is 5.02 Å². The lowest BCUT2D eigenvalue weighted by Gasteiger charge is -2.32. The first-order chi connectivity index (χ1) is 12.5. The molecule has 0 spiro atoms. The van der Waals surface area contributed by atoms with Crippen molar-refractivity contribution in [1.29, 1.82) is 0 Å². The fourth-order valence-electron chi connectivity index (χ4n) is 2.71. The average Bonchev–Trinajstić information content (AvgIpc) is 3.38. The number of carbonyl (C=O) groups is 2. The van der Waals surface area contributed by atoms with E-state index in [0.29, 0.717) is 17.5 Å². The van der Waals surface area contributed by atoms with Gasteiger partial charge in [-0.2, -0.15) is 0 Å². The Balaban J connectivity index is 1.88. The second kappa shape index (κ2) is 8.44. The maximum absolute atomic E-state index is 13.7. The number of amides is 2. The minimum atomic E-state index is -0.575. The van der Waals surface area contributed by atoms with E-state index in [1.165, 1.54) is 18.2 Å². The van der Waals surface area contributed by atoms with Gasteiger partial charge in [0.05, 0.1) is 12.2 Å². The fourth-order valence-corrected chi connectivity index (χ4v) is 2.88. The van der Waals surface area contributed by atoms with Crippen molar-refractivity contribution < 1.29 is 18.7 Å². The van der Waals surface area contributed by atoms with Crippen LogP contribution in [0.1, 0.15) is 40.5 Å². The third-order valence-electron chi connectivity index (χ3n) is 4.33. The Kier molecular flexibility index (Phi) is 6.70. The molecule has 1 aliphatic rings. The third-order valence-corrected chi connectivity index (χ3v) is 4.57. The van der Waals surface area contributed by atoms with Gasteiger partial charge in [0, 0.05) is 17.1 Å². The monoisotopic (exact) mass is 399 g/mol. The maximum atomic E-state index is 13.7. The summed E-state index contributed by atoms with van der Waals surface area (Å²) in [4.78, 5) is 24.1. The van der Waals surface area contributed by atoms with Gasteiger partial charge >= 0.3 is 6.09 Å². The number of rotatable bonds is 7. The van der Waals surface area contributed by atoms with Crippen LogP contribution in [0.15, 0.2) is 18.2 Å². The molecule has 3 N–H and O–H groups in total. The molecule has 1 aromatic carbocycles. The van der Waals surface area contributed by atoms with Gasteiger partial charge in [0.25, 0.3) is 0 Å². The number of hydrogen-bond acceptors (Lipinski definition) is 4. The van der Waals surface area contributed by atoms with Crippen LogP contribution in [0.4, 0.5) is 14.9 Å². The normalized spacial score (nSPS) is 16.4. The second-order valence-electron chi connectivity index (χ2n) is 8.07. The molecule has 1 saturated carbocycles. The molecule has 6 nitrogen and oxygen atoms in total. The zero-order valence-corrected chi connectivity index (χ0v) is 16.9. The van der Waals surface area contributed by atoms with Gasteiger partial charge in [0.15, 0.2) is 0 Å². The van der Waals surface area contributed by atoms with Gasteiger partial charge in [-0.3, -0.25) is 4.79 Å². The Morgan fingerprint density at radius 2 is 1.93 bits per heavy atom. The van der Waals surface area contributed by atoms with Crippen molar-refractivity contribution in [2.45, 2.75) is 51.7 Å². The molecular formula is C19H27ClFN3O3. The van der Waals surface area contributed by atoms with Crippen molar-refractivity contribution in [3.05, 3.63) is 29.0 Å². The highest BCUT2D eigenvalue weighted by atomic mass is 35.5. The molecule has 27 heavy (non-hydrogen) atoms. The van der Waals surface area contributed by atoms with Crippen LogP contribution in [0.5, 0.6) is 0 Å². The average molecular weight is 400 g/mol. The molecule has 0 radical (unpaired) electrons. The van der Waals surface area contributed by atoms with Crippen LogP contribution in [-0.4, -0.2) is 36.2 Å². The number of ether oxygens (including phenoxy) is 1. The topological polar surface area (TPSA) is 79.5 Å². The van der Waals surface area contributed by atoms with E-state index < -0.39 is 23.1 Å². The Bertz CT molecular complexity index is 704. The van der Waals surface area contributed by atoms with Crippen molar-refractivity contribution in [3.8, 4) is 0 Å². The van der Waals surface area contributed by atoms with Gasteiger partial charge < -0.3 is 20.7 Å². The number of halogens is 2. The number of benzene rings is 1. The molecule has 1 fully saturated rings. The lowest BCUT2D eigenvalue weighted by molar-refractivity contribution is -0.115. The molecule has 0 heterocycles. The quantitative estimate of drug-likeness (QED) is 0.653. The summed E-state index contributed by atoms with van der Waals surface area (Å²) < 4.78 is 19.0. The summed E-state index contributed by atoms with van der Waals surface area (Å²) in [7, 11) is 0. The largest absolute Gasteiger partial charge is 0.444 e. The maximum Gasteiger partial charge on any atom is 0.407 e. The Morgan fingerprint density at radius 3 is 2.52 bits per heavy atom. The smallest absolute Gasteiger partial charge is 0.407 e. The molecule has 8 heteroatoms. The minimum Gasteiger partial charge on any atom is -0.444 e. The highest BCUT2D eigenvalue weighted by molar-refractivity contribution is 6.30. The van der Waals surface area contributed by atoms with E-state index in [9.17, 15) is 14.0 Å². The summed E-state index contributed by atoms with van der Waals surface area (Å²) in [6, 6.07) is 3.97. The van der Waals surface area contributed by atoms with E-state index in [-0.39, 0.29) is 18.1 Å². The summed E-state index contributed by atoms with van der Waals surface area (Å²) >= 11 is 5.83. The summed E-state index contributed by atoms with van der Waals surface area (Å²) in [5, 5.41) is 8.79. The van der Waals surface area contributed by atoms with Crippen molar-refractivity contribution >= 4 is 29.3 Å². The van der Waals surface area contributed by atoms with Crippen molar-refractivity contribution in [2.24, 2.45) is 5.92 Å². The molecule has 1 unspecified atom stereocenters. The van der Waals surface area contributed by atoms with E-state index in [1.807, 2.05) is 6.92 Å². The van der Waals surface area contributed by atoms with E-state index in [1.54, 1.807) is 20.8 Å². The zero-order chi connectivity index (χ0) is 20.2. The highest BCUT2D eigenvalue weighted by Crippen LogP contribution is 2.39. The first-order valence-electron chi connectivity index (χ1n) is 8.95. The summed E-state index contributed by atoms with van der Waals surface area (Å²) in [6.07, 6.45) is 1.54. The number of hydrogen-bond donors (Lipinski definition) is 3. The van der Waals surface area contributed by atoms with E-state index >= 15 is 0 Å². The Morgan fingerprint density at radius 1 is 1.26 bits per heavy atom. The van der Waals surface area contributed by atoms with Crippen LogP contribution in [0, 0.1) is 11.7 Å². The lowest BCUT2D eigenvalue weighted by Crippen LogP contribution is -2.55. The van der Waals surface area contributed by atoms with Gasteiger partial charge in [-0.15, -0.1) is 0 Å². The lowest BCUT2D eigenvalue weighted by atomic mass is 9.95. The highest BCUT2D eigenvalue weighted by Gasteiger charge is 2.41. The molecule has 2 amide bonds. The molecule has 0 bridgehead atoms. The molecule has 150 valence electrons. The number of carbonyl (C=O) groups excluding carboxylic acids is 2. The van der Waals surface area contributed by atoms with Crippen LogP contribution < -0.4 is 16.0 Å². The minimum absolute atomic E-state index is 0.0189. The molecule has 0 aromatic heterocycles. The summed E-state index contributed by atoms with van der Waals surface area (Å²) in [5.41, 5.74) is -0.996. The molecular weight excluding hydrogens is 373 g/mol. The van der Waals surface area contributed by atoms with Crippen LogP contribution >= 0.6 is 11.6 Å². The van der Waals surface area contributed by atoms with Gasteiger partial charge in [-0.1, -0.05) is 11.6 Å². The molecule has 2 rings (SSSR count). The van der Waals surface area contributed by atoms with Crippen molar-refractivity contribution in [3.63, 3.8) is 0 Å². The van der Waals surface area contributed by atoms with Crippen LogP contribution in [0.3, 0.4) is 0 Å². The van der Waals surface area contributed by atoms with Crippen LogP contribution in [-0.2, 0) is 9.53 Å². The van der Waals surface area contributed by atoms with E-state index in [2.05, 4.69) is 16.0 Å².